The van der Waals surface area contributed by atoms with Gasteiger partial charge in [0, 0.05) is 6.92 Å². The summed E-state index contributed by atoms with van der Waals surface area (Å²) in [5.74, 6) is -1.90. The zero-order valence-corrected chi connectivity index (χ0v) is 11.2. The highest BCUT2D eigenvalue weighted by atomic mass is 31.2. The third kappa shape index (κ3) is 3.58. The summed E-state index contributed by atoms with van der Waals surface area (Å²) >= 11 is 0. The van der Waals surface area contributed by atoms with E-state index in [1.54, 1.807) is 27.2 Å². The molecule has 1 aliphatic heterocycles. The zero-order valence-electron chi connectivity index (χ0n) is 10.4. The molecule has 1 saturated heterocycles. The van der Waals surface area contributed by atoms with Gasteiger partial charge in [-0.1, -0.05) is 0 Å². The minimum atomic E-state index is -2.58. The van der Waals surface area contributed by atoms with Crippen molar-refractivity contribution in [2.75, 3.05) is 19.9 Å². The van der Waals surface area contributed by atoms with Crippen molar-refractivity contribution in [3.05, 3.63) is 0 Å². The topological polar surface area (TPSA) is 61.8 Å². The first-order valence-electron chi connectivity index (χ1n) is 5.15. The molecule has 0 spiro atoms. The summed E-state index contributed by atoms with van der Waals surface area (Å²) in [4.78, 5) is 11.0. The average molecular weight is 250 g/mol. The van der Waals surface area contributed by atoms with Gasteiger partial charge in [-0.05, 0) is 27.2 Å². The lowest BCUT2D eigenvalue weighted by atomic mass is 10.4. The highest BCUT2D eigenvalue weighted by molar-refractivity contribution is 7.63. The first-order valence-corrected chi connectivity index (χ1v) is 7.82. The van der Waals surface area contributed by atoms with Crippen LogP contribution in [-0.2, 0) is 23.6 Å². The summed E-state index contributed by atoms with van der Waals surface area (Å²) in [6.07, 6.45) is -0.459. The molecule has 94 valence electrons. The van der Waals surface area contributed by atoms with E-state index in [0.717, 1.165) is 0 Å². The second kappa shape index (κ2) is 4.47. The van der Waals surface area contributed by atoms with Gasteiger partial charge in [-0.25, -0.2) is 0 Å². The van der Waals surface area contributed by atoms with Crippen LogP contribution in [0.2, 0.25) is 0 Å². The van der Waals surface area contributed by atoms with Gasteiger partial charge in [-0.2, -0.15) is 0 Å². The molecule has 1 unspecified atom stereocenters. The molecule has 16 heavy (non-hydrogen) atoms. The maximum absolute atomic E-state index is 12.0. The Labute approximate surface area is 95.8 Å². The van der Waals surface area contributed by atoms with Crippen molar-refractivity contribution in [1.29, 1.82) is 0 Å². The van der Waals surface area contributed by atoms with Crippen LogP contribution in [0.4, 0.5) is 0 Å². The first kappa shape index (κ1) is 13.7. The predicted molar refractivity (Wildman–Crippen MR) is 59.9 cm³/mol. The van der Waals surface area contributed by atoms with E-state index >= 15 is 0 Å². The van der Waals surface area contributed by atoms with Gasteiger partial charge in [0.2, 0.25) is 0 Å². The van der Waals surface area contributed by atoms with Crippen molar-refractivity contribution in [1.82, 2.24) is 0 Å². The van der Waals surface area contributed by atoms with Crippen LogP contribution in [0.25, 0.3) is 0 Å². The minimum absolute atomic E-state index is 0.288. The molecule has 1 rings (SSSR count). The summed E-state index contributed by atoms with van der Waals surface area (Å²) in [6.45, 7) is 8.28. The molecule has 0 bridgehead atoms. The summed E-state index contributed by atoms with van der Waals surface area (Å²) < 4.78 is 28.1. The lowest BCUT2D eigenvalue weighted by Gasteiger charge is -2.26. The first-order chi connectivity index (χ1) is 7.12. The van der Waals surface area contributed by atoms with Gasteiger partial charge in [-0.15, -0.1) is 0 Å². The molecule has 0 N–H and O–H groups in total. The van der Waals surface area contributed by atoms with E-state index in [1.807, 2.05) is 0 Å². The zero-order chi connectivity index (χ0) is 12.6. The Morgan fingerprint density at radius 3 is 2.38 bits per heavy atom. The van der Waals surface area contributed by atoms with Crippen LogP contribution in [0, 0.1) is 0 Å². The molecule has 0 aromatic carbocycles. The van der Waals surface area contributed by atoms with Gasteiger partial charge in [0.25, 0.3) is 0 Å². The predicted octanol–water partition coefficient (Wildman–Crippen LogP) is 1.65. The molecule has 0 aliphatic carbocycles. The highest BCUT2D eigenvalue weighted by Gasteiger charge is 2.43. The van der Waals surface area contributed by atoms with E-state index in [0.29, 0.717) is 0 Å². The number of esters is 1. The number of ether oxygens (including phenoxy) is 3. The standard InChI is InChI=1S/C10H19O5P/c1-7(11)14-9(16(4,5)12)8-6-13-10(2,3)15-8/h8-9H,6H2,1-5H3/t8?,9-/m0/s1. The Balaban J connectivity index is 2.79. The molecule has 0 saturated carbocycles. The maximum atomic E-state index is 12.0. The Bertz CT molecular complexity index is 319. The second-order valence-electron chi connectivity index (χ2n) is 4.80. The van der Waals surface area contributed by atoms with Gasteiger partial charge in [0.15, 0.2) is 11.6 Å². The van der Waals surface area contributed by atoms with Gasteiger partial charge < -0.3 is 18.8 Å². The summed E-state index contributed by atoms with van der Waals surface area (Å²) in [6, 6.07) is 0. The van der Waals surface area contributed by atoms with Gasteiger partial charge in [-0.3, -0.25) is 4.79 Å². The van der Waals surface area contributed by atoms with E-state index in [-0.39, 0.29) is 6.61 Å². The molecule has 0 radical (unpaired) electrons. The molecule has 0 amide bonds. The fraction of sp³-hybridized carbons (Fsp3) is 0.900. The molecular formula is C10H19O5P. The molecule has 1 fully saturated rings. The number of hydrogen-bond donors (Lipinski definition) is 0. The van der Waals surface area contributed by atoms with Crippen molar-refractivity contribution in [3.8, 4) is 0 Å². The molecule has 0 aromatic heterocycles. The normalized spacial score (nSPS) is 26.4. The third-order valence-corrected chi connectivity index (χ3v) is 3.91. The Morgan fingerprint density at radius 2 is 2.06 bits per heavy atom. The van der Waals surface area contributed by atoms with Crippen molar-refractivity contribution in [2.24, 2.45) is 0 Å². The van der Waals surface area contributed by atoms with Gasteiger partial charge in [0.1, 0.15) is 13.2 Å². The maximum Gasteiger partial charge on any atom is 0.303 e. The fourth-order valence-electron chi connectivity index (χ4n) is 1.63. The number of carbonyl (C=O) groups is 1. The van der Waals surface area contributed by atoms with Crippen molar-refractivity contribution in [3.63, 3.8) is 0 Å². The lowest BCUT2D eigenvalue weighted by molar-refractivity contribution is -0.161. The van der Waals surface area contributed by atoms with Crippen LogP contribution in [-0.4, -0.2) is 43.6 Å². The van der Waals surface area contributed by atoms with E-state index < -0.39 is 30.8 Å². The van der Waals surface area contributed by atoms with E-state index in [4.69, 9.17) is 14.2 Å². The van der Waals surface area contributed by atoms with Crippen LogP contribution in [0.1, 0.15) is 20.8 Å². The van der Waals surface area contributed by atoms with Crippen molar-refractivity contribution in [2.45, 2.75) is 38.5 Å². The molecule has 5 nitrogen and oxygen atoms in total. The minimum Gasteiger partial charge on any atom is -0.452 e. The second-order valence-corrected chi connectivity index (χ2v) is 8.18. The molecule has 0 aromatic rings. The number of hydrogen-bond acceptors (Lipinski definition) is 5. The summed E-state index contributed by atoms with van der Waals surface area (Å²) in [5, 5.41) is 0. The van der Waals surface area contributed by atoms with Crippen molar-refractivity contribution >= 4 is 13.1 Å². The number of carbonyl (C=O) groups excluding carboxylic acids is 1. The largest absolute Gasteiger partial charge is 0.452 e. The van der Waals surface area contributed by atoms with Crippen LogP contribution in [0.15, 0.2) is 0 Å². The SMILES string of the molecule is CC(=O)O[C@H](C1COC(C)(C)O1)P(C)(C)=O. The molecule has 1 aliphatic rings. The summed E-state index contributed by atoms with van der Waals surface area (Å²) in [5.41, 5.74) is 0. The van der Waals surface area contributed by atoms with E-state index in [9.17, 15) is 9.36 Å². The Kier molecular flexibility index (Phi) is 3.83. The van der Waals surface area contributed by atoms with E-state index in [2.05, 4.69) is 0 Å². The quantitative estimate of drug-likeness (QED) is 0.563. The monoisotopic (exact) mass is 250 g/mol. The Morgan fingerprint density at radius 1 is 1.50 bits per heavy atom. The molecular weight excluding hydrogens is 231 g/mol. The van der Waals surface area contributed by atoms with Crippen LogP contribution in [0.5, 0.6) is 0 Å². The number of rotatable bonds is 3. The molecule has 6 heteroatoms. The van der Waals surface area contributed by atoms with E-state index in [1.165, 1.54) is 6.92 Å². The lowest BCUT2D eigenvalue weighted by Crippen LogP contribution is -2.33. The smallest absolute Gasteiger partial charge is 0.303 e. The van der Waals surface area contributed by atoms with Crippen LogP contribution < -0.4 is 0 Å². The van der Waals surface area contributed by atoms with Crippen molar-refractivity contribution < 1.29 is 23.6 Å². The van der Waals surface area contributed by atoms with Gasteiger partial charge >= 0.3 is 5.97 Å². The van der Waals surface area contributed by atoms with Gasteiger partial charge in [0.05, 0.1) is 6.61 Å². The van der Waals surface area contributed by atoms with Crippen LogP contribution in [0.3, 0.4) is 0 Å². The average Bonchev–Trinajstić information content (AvgIpc) is 2.39. The third-order valence-electron chi connectivity index (χ3n) is 2.25. The summed E-state index contributed by atoms with van der Waals surface area (Å²) in [7, 11) is -2.58. The highest BCUT2D eigenvalue weighted by Crippen LogP contribution is 2.47. The Hall–Kier alpha value is -0.380. The fourth-order valence-corrected chi connectivity index (χ4v) is 2.98. The molecule has 2 atom stereocenters. The van der Waals surface area contributed by atoms with Crippen LogP contribution >= 0.6 is 7.14 Å². The molecule has 1 heterocycles.